The lowest BCUT2D eigenvalue weighted by Crippen LogP contribution is -2.42. The van der Waals surface area contributed by atoms with E-state index >= 15 is 0 Å². The second-order valence-electron chi connectivity index (χ2n) is 5.63. The Morgan fingerprint density at radius 2 is 2.09 bits per heavy atom. The number of benzene rings is 1. The molecule has 1 aromatic rings. The molecule has 1 fully saturated rings. The molecule has 1 heterocycles. The number of carbonyl (C=O) groups excluding carboxylic acids is 2. The predicted octanol–water partition coefficient (Wildman–Crippen LogP) is 1.92. The van der Waals surface area contributed by atoms with Gasteiger partial charge in [-0.25, -0.2) is 0 Å². The second kappa shape index (κ2) is 8.54. The van der Waals surface area contributed by atoms with E-state index in [-0.39, 0.29) is 11.7 Å². The number of carbonyl (C=O) groups is 2. The molecule has 2 N–H and O–H groups in total. The van der Waals surface area contributed by atoms with Gasteiger partial charge in [-0.2, -0.15) is 0 Å². The number of hydrogen-bond donors (Lipinski definition) is 2. The van der Waals surface area contributed by atoms with Gasteiger partial charge in [0.05, 0.1) is 6.61 Å². The maximum atomic E-state index is 11.8. The Labute approximate surface area is 131 Å². The zero-order valence-corrected chi connectivity index (χ0v) is 13.1. The summed E-state index contributed by atoms with van der Waals surface area (Å²) in [4.78, 5) is 23.1. The molecule has 0 aliphatic carbocycles. The van der Waals surface area contributed by atoms with Gasteiger partial charge in [0.25, 0.3) is 0 Å². The molecule has 0 radical (unpaired) electrons. The summed E-state index contributed by atoms with van der Waals surface area (Å²) in [6, 6.07) is 7.43. The van der Waals surface area contributed by atoms with Gasteiger partial charge in [0.1, 0.15) is 5.75 Å². The molecule has 5 heteroatoms. The minimum Gasteiger partial charge on any atom is -0.494 e. The number of rotatable bonds is 7. The minimum absolute atomic E-state index is 0.0202. The highest BCUT2D eigenvalue weighted by molar-refractivity contribution is 5.94. The Morgan fingerprint density at radius 3 is 2.82 bits per heavy atom. The first-order valence-corrected chi connectivity index (χ1v) is 7.89. The van der Waals surface area contributed by atoms with Crippen LogP contribution in [0.15, 0.2) is 24.3 Å². The van der Waals surface area contributed by atoms with Crippen LogP contribution in [0.1, 0.15) is 43.0 Å². The molecule has 1 saturated heterocycles. The molecule has 0 spiro atoms. The van der Waals surface area contributed by atoms with Gasteiger partial charge in [0, 0.05) is 18.0 Å². The average Bonchev–Trinajstić information content (AvgIpc) is 2.53. The van der Waals surface area contributed by atoms with Crippen LogP contribution in [0.5, 0.6) is 5.75 Å². The monoisotopic (exact) mass is 304 g/mol. The number of piperidine rings is 1. The molecule has 0 atom stereocenters. The van der Waals surface area contributed by atoms with E-state index in [1.807, 2.05) is 6.07 Å². The van der Waals surface area contributed by atoms with Crippen molar-refractivity contribution >= 4 is 11.7 Å². The van der Waals surface area contributed by atoms with E-state index in [1.165, 1.54) is 6.92 Å². The summed E-state index contributed by atoms with van der Waals surface area (Å²) in [6.45, 7) is 3.95. The van der Waals surface area contributed by atoms with Gasteiger partial charge in [0.2, 0.25) is 5.91 Å². The van der Waals surface area contributed by atoms with Crippen LogP contribution in [0, 0.1) is 0 Å². The lowest BCUT2D eigenvalue weighted by molar-refractivity contribution is -0.122. The second-order valence-corrected chi connectivity index (χ2v) is 5.63. The first kappa shape index (κ1) is 16.5. The van der Waals surface area contributed by atoms with E-state index in [0.717, 1.165) is 25.9 Å². The van der Waals surface area contributed by atoms with Gasteiger partial charge < -0.3 is 15.4 Å². The first-order valence-electron chi connectivity index (χ1n) is 7.89. The molecule has 0 unspecified atom stereocenters. The summed E-state index contributed by atoms with van der Waals surface area (Å²) >= 11 is 0. The molecule has 0 saturated carbocycles. The van der Waals surface area contributed by atoms with Crippen molar-refractivity contribution in [2.75, 3.05) is 19.7 Å². The Bertz CT molecular complexity index is 510. The summed E-state index contributed by atoms with van der Waals surface area (Å²) in [5, 5.41) is 6.34. The summed E-state index contributed by atoms with van der Waals surface area (Å²) in [7, 11) is 0. The molecule has 1 aliphatic rings. The molecule has 1 amide bonds. The third kappa shape index (κ3) is 5.48. The van der Waals surface area contributed by atoms with Gasteiger partial charge >= 0.3 is 0 Å². The molecular formula is C17H24N2O3. The van der Waals surface area contributed by atoms with Gasteiger partial charge in [0.15, 0.2) is 5.78 Å². The van der Waals surface area contributed by atoms with Crippen LogP contribution in [-0.2, 0) is 4.79 Å². The number of nitrogens with one attached hydrogen (secondary N) is 2. The zero-order chi connectivity index (χ0) is 15.8. The van der Waals surface area contributed by atoms with Crippen LogP contribution in [-0.4, -0.2) is 37.4 Å². The standard InChI is InChI=1S/C17H24N2O3/c1-13(20)14-4-2-5-16(12-14)22-11-3-6-17(21)19-15-7-9-18-10-8-15/h2,4-5,12,15,18H,3,6-11H2,1H3,(H,19,21). The van der Waals surface area contributed by atoms with Crippen LogP contribution in [0.2, 0.25) is 0 Å². The van der Waals surface area contributed by atoms with Crippen molar-refractivity contribution in [3.63, 3.8) is 0 Å². The quantitative estimate of drug-likeness (QED) is 0.596. The molecule has 120 valence electrons. The molecule has 1 aromatic carbocycles. The summed E-state index contributed by atoms with van der Waals surface area (Å²) in [6.07, 6.45) is 3.14. The summed E-state index contributed by atoms with van der Waals surface area (Å²) in [5.74, 6) is 0.784. The zero-order valence-electron chi connectivity index (χ0n) is 13.1. The van der Waals surface area contributed by atoms with Crippen LogP contribution in [0.25, 0.3) is 0 Å². The molecule has 0 bridgehead atoms. The smallest absolute Gasteiger partial charge is 0.220 e. The number of Topliss-reactive ketones (excluding diaryl/α,β-unsaturated/α-hetero) is 1. The van der Waals surface area contributed by atoms with Crippen LogP contribution in [0.4, 0.5) is 0 Å². The van der Waals surface area contributed by atoms with E-state index in [2.05, 4.69) is 10.6 Å². The number of ketones is 1. The van der Waals surface area contributed by atoms with Crippen LogP contribution < -0.4 is 15.4 Å². The Hall–Kier alpha value is -1.88. The van der Waals surface area contributed by atoms with E-state index in [9.17, 15) is 9.59 Å². The van der Waals surface area contributed by atoms with Crippen molar-refractivity contribution in [3.8, 4) is 5.75 Å². The van der Waals surface area contributed by atoms with E-state index in [1.54, 1.807) is 18.2 Å². The van der Waals surface area contributed by atoms with Crippen molar-refractivity contribution in [1.82, 2.24) is 10.6 Å². The van der Waals surface area contributed by atoms with Crippen molar-refractivity contribution in [2.24, 2.45) is 0 Å². The average molecular weight is 304 g/mol. The highest BCUT2D eigenvalue weighted by atomic mass is 16.5. The fraction of sp³-hybridized carbons (Fsp3) is 0.529. The Balaban J connectivity index is 1.65. The number of ether oxygens (including phenoxy) is 1. The van der Waals surface area contributed by atoms with Crippen LogP contribution >= 0.6 is 0 Å². The molecule has 2 rings (SSSR count). The Morgan fingerprint density at radius 1 is 1.32 bits per heavy atom. The predicted molar refractivity (Wildman–Crippen MR) is 85.2 cm³/mol. The van der Waals surface area contributed by atoms with Crippen LogP contribution in [0.3, 0.4) is 0 Å². The maximum absolute atomic E-state index is 11.8. The lowest BCUT2D eigenvalue weighted by atomic mass is 10.1. The molecule has 0 aromatic heterocycles. The fourth-order valence-electron chi connectivity index (χ4n) is 2.49. The van der Waals surface area contributed by atoms with Gasteiger partial charge in [-0.3, -0.25) is 9.59 Å². The van der Waals surface area contributed by atoms with Crippen molar-refractivity contribution in [1.29, 1.82) is 0 Å². The van der Waals surface area contributed by atoms with Crippen molar-refractivity contribution in [3.05, 3.63) is 29.8 Å². The summed E-state index contributed by atoms with van der Waals surface area (Å²) in [5.41, 5.74) is 0.640. The lowest BCUT2D eigenvalue weighted by Gasteiger charge is -2.23. The van der Waals surface area contributed by atoms with E-state index in [4.69, 9.17) is 4.74 Å². The van der Waals surface area contributed by atoms with Crippen molar-refractivity contribution in [2.45, 2.75) is 38.6 Å². The third-order valence-corrected chi connectivity index (χ3v) is 3.76. The topological polar surface area (TPSA) is 67.4 Å². The summed E-state index contributed by atoms with van der Waals surface area (Å²) < 4.78 is 5.59. The molecule has 5 nitrogen and oxygen atoms in total. The van der Waals surface area contributed by atoms with Gasteiger partial charge in [-0.1, -0.05) is 12.1 Å². The highest BCUT2D eigenvalue weighted by Crippen LogP contribution is 2.14. The van der Waals surface area contributed by atoms with Gasteiger partial charge in [-0.05, 0) is 51.4 Å². The largest absolute Gasteiger partial charge is 0.494 e. The van der Waals surface area contributed by atoms with E-state index < -0.39 is 0 Å². The van der Waals surface area contributed by atoms with Gasteiger partial charge in [-0.15, -0.1) is 0 Å². The normalized spacial score (nSPS) is 15.3. The number of hydrogen-bond acceptors (Lipinski definition) is 4. The van der Waals surface area contributed by atoms with E-state index in [0.29, 0.717) is 36.8 Å². The molecule has 22 heavy (non-hydrogen) atoms. The SMILES string of the molecule is CC(=O)c1cccc(OCCCC(=O)NC2CCNCC2)c1. The third-order valence-electron chi connectivity index (χ3n) is 3.76. The maximum Gasteiger partial charge on any atom is 0.220 e. The molecular weight excluding hydrogens is 280 g/mol. The minimum atomic E-state index is 0.0202. The van der Waals surface area contributed by atoms with Crippen molar-refractivity contribution < 1.29 is 14.3 Å². The number of amides is 1. The fourth-order valence-corrected chi connectivity index (χ4v) is 2.49. The first-order chi connectivity index (χ1) is 10.6. The Kier molecular flexibility index (Phi) is 6.40. The molecule has 1 aliphatic heterocycles. The highest BCUT2D eigenvalue weighted by Gasteiger charge is 2.14.